The molecule has 1 saturated carbocycles. The molecule has 4 aromatic carbocycles. The maximum atomic E-state index is 12.0. The van der Waals surface area contributed by atoms with E-state index in [9.17, 15) is 19.2 Å². The van der Waals surface area contributed by atoms with Gasteiger partial charge in [0.2, 0.25) is 0 Å². The topological polar surface area (TPSA) is 105 Å². The minimum atomic E-state index is -0.663. The van der Waals surface area contributed by atoms with Gasteiger partial charge in [0.15, 0.2) is 0 Å². The SMILES string of the molecule is O=C1OC(=O)c2cc(Oc3ccc(C4(c5ccc(Oc6ccc7c(c6)C(=O)OC7=O)cc5)CCCCCCCCC4)cc3)ccc21. The van der Waals surface area contributed by atoms with E-state index >= 15 is 0 Å². The van der Waals surface area contributed by atoms with Gasteiger partial charge in [-0.2, -0.15) is 0 Å². The van der Waals surface area contributed by atoms with E-state index in [2.05, 4.69) is 24.3 Å². The highest BCUT2D eigenvalue weighted by atomic mass is 16.6. The summed E-state index contributed by atoms with van der Waals surface area (Å²) in [5.74, 6) is -0.451. The maximum Gasteiger partial charge on any atom is 0.347 e. The van der Waals surface area contributed by atoms with E-state index in [1.165, 1.54) is 55.4 Å². The maximum absolute atomic E-state index is 12.0. The first-order valence-corrected chi connectivity index (χ1v) is 15.8. The predicted octanol–water partition coefficient (Wildman–Crippen LogP) is 8.70. The van der Waals surface area contributed by atoms with Gasteiger partial charge in [-0.05, 0) is 84.6 Å². The molecule has 3 aliphatic rings. The molecule has 0 bridgehead atoms. The quantitative estimate of drug-likeness (QED) is 0.156. The Morgan fingerprint density at radius 3 is 1.17 bits per heavy atom. The average molecular weight is 617 g/mol. The van der Waals surface area contributed by atoms with Crippen LogP contribution in [0, 0.1) is 0 Å². The molecule has 8 nitrogen and oxygen atoms in total. The fraction of sp³-hybridized carbons (Fsp3) is 0.263. The Labute approximate surface area is 266 Å². The molecule has 1 aliphatic carbocycles. The molecular weight excluding hydrogens is 584 g/mol. The molecule has 4 aromatic rings. The highest BCUT2D eigenvalue weighted by Crippen LogP contribution is 2.44. The molecule has 2 heterocycles. The summed E-state index contributed by atoms with van der Waals surface area (Å²) >= 11 is 0. The van der Waals surface area contributed by atoms with Crippen molar-refractivity contribution in [2.24, 2.45) is 0 Å². The van der Waals surface area contributed by atoms with Crippen molar-refractivity contribution in [2.45, 2.75) is 63.2 Å². The number of esters is 4. The van der Waals surface area contributed by atoms with Crippen LogP contribution >= 0.6 is 0 Å². The molecule has 0 atom stereocenters. The molecule has 2 aliphatic heterocycles. The number of hydrogen-bond acceptors (Lipinski definition) is 8. The smallest absolute Gasteiger partial charge is 0.347 e. The van der Waals surface area contributed by atoms with Gasteiger partial charge in [0.1, 0.15) is 23.0 Å². The molecule has 0 N–H and O–H groups in total. The minimum Gasteiger partial charge on any atom is -0.457 e. The summed E-state index contributed by atoms with van der Waals surface area (Å²) in [6.45, 7) is 0. The summed E-state index contributed by atoms with van der Waals surface area (Å²) in [5, 5.41) is 0. The Bertz CT molecular complexity index is 1700. The molecule has 0 spiro atoms. The Balaban J connectivity index is 1.15. The van der Waals surface area contributed by atoms with Crippen LogP contribution in [0.1, 0.15) is 110 Å². The van der Waals surface area contributed by atoms with Gasteiger partial charge in [-0.3, -0.25) is 0 Å². The summed E-state index contributed by atoms with van der Waals surface area (Å²) in [6, 6.07) is 25.8. The lowest BCUT2D eigenvalue weighted by Crippen LogP contribution is -2.28. The summed E-state index contributed by atoms with van der Waals surface area (Å²) < 4.78 is 21.6. The Kier molecular flexibility index (Phi) is 7.86. The van der Waals surface area contributed by atoms with Crippen LogP contribution in [0.5, 0.6) is 23.0 Å². The first kappa shape index (κ1) is 29.5. The summed E-state index contributed by atoms with van der Waals surface area (Å²) in [4.78, 5) is 47.6. The lowest BCUT2D eigenvalue weighted by atomic mass is 9.67. The number of cyclic esters (lactones) is 4. The van der Waals surface area contributed by atoms with Crippen molar-refractivity contribution < 1.29 is 38.1 Å². The first-order valence-electron chi connectivity index (χ1n) is 15.8. The zero-order valence-corrected chi connectivity index (χ0v) is 25.2. The number of hydrogen-bond donors (Lipinski definition) is 0. The number of carbonyl (C=O) groups is 4. The monoisotopic (exact) mass is 616 g/mol. The van der Waals surface area contributed by atoms with Gasteiger partial charge in [0, 0.05) is 5.41 Å². The second kappa shape index (κ2) is 12.3. The van der Waals surface area contributed by atoms with E-state index < -0.39 is 23.9 Å². The molecule has 0 radical (unpaired) electrons. The van der Waals surface area contributed by atoms with E-state index in [0.29, 0.717) is 23.0 Å². The van der Waals surface area contributed by atoms with Gasteiger partial charge in [-0.1, -0.05) is 69.2 Å². The van der Waals surface area contributed by atoms with Crippen molar-refractivity contribution in [1.82, 2.24) is 0 Å². The van der Waals surface area contributed by atoms with Crippen molar-refractivity contribution in [3.63, 3.8) is 0 Å². The second-order valence-electron chi connectivity index (χ2n) is 12.1. The zero-order chi connectivity index (χ0) is 31.7. The van der Waals surface area contributed by atoms with Crippen molar-refractivity contribution in [3.8, 4) is 23.0 Å². The number of carbonyl (C=O) groups excluding carboxylic acids is 4. The van der Waals surface area contributed by atoms with Crippen LogP contribution in [0.25, 0.3) is 0 Å². The molecule has 0 amide bonds. The van der Waals surface area contributed by atoms with Crippen molar-refractivity contribution in [1.29, 1.82) is 0 Å². The predicted molar refractivity (Wildman–Crippen MR) is 168 cm³/mol. The molecule has 232 valence electrons. The van der Waals surface area contributed by atoms with E-state index in [-0.39, 0.29) is 27.7 Å². The summed E-state index contributed by atoms with van der Waals surface area (Å²) in [6.07, 6.45) is 10.4. The Morgan fingerprint density at radius 2 is 0.761 bits per heavy atom. The van der Waals surface area contributed by atoms with Crippen molar-refractivity contribution in [3.05, 3.63) is 118 Å². The molecule has 0 unspecified atom stereocenters. The van der Waals surface area contributed by atoms with Crippen LogP contribution in [0.15, 0.2) is 84.9 Å². The summed E-state index contributed by atoms with van der Waals surface area (Å²) in [5.41, 5.74) is 3.12. The zero-order valence-electron chi connectivity index (χ0n) is 25.2. The number of fused-ring (bicyclic) bond motifs is 2. The van der Waals surface area contributed by atoms with Crippen molar-refractivity contribution >= 4 is 23.9 Å². The Morgan fingerprint density at radius 1 is 0.413 bits per heavy atom. The molecule has 0 aromatic heterocycles. The second-order valence-corrected chi connectivity index (χ2v) is 12.1. The number of ether oxygens (including phenoxy) is 4. The van der Waals surface area contributed by atoms with E-state index in [0.717, 1.165) is 25.7 Å². The van der Waals surface area contributed by atoms with Crippen LogP contribution in [0.2, 0.25) is 0 Å². The largest absolute Gasteiger partial charge is 0.457 e. The standard InChI is InChI=1S/C38H32O8/c39-34-30-18-16-28(22-32(30)36(41)45-34)43-26-12-8-24(9-13-26)38(20-6-4-2-1-3-5-7-21-38)25-10-14-27(15-11-25)44-29-17-19-31-33(23-29)37(42)46-35(31)40/h8-19,22-23H,1-7,20-21H2. The molecular formula is C38H32O8. The average Bonchev–Trinajstić information content (AvgIpc) is 3.52. The third-order valence-corrected chi connectivity index (χ3v) is 9.22. The fourth-order valence-electron chi connectivity index (χ4n) is 6.82. The van der Waals surface area contributed by atoms with Crippen LogP contribution in [0.4, 0.5) is 0 Å². The lowest BCUT2D eigenvalue weighted by molar-refractivity contribution is 0.0425. The van der Waals surface area contributed by atoms with Crippen LogP contribution in [0.3, 0.4) is 0 Å². The number of benzene rings is 4. The molecule has 8 heteroatoms. The lowest BCUT2D eigenvalue weighted by Gasteiger charge is -2.36. The molecule has 0 saturated heterocycles. The van der Waals surface area contributed by atoms with E-state index in [4.69, 9.17) is 18.9 Å². The summed E-state index contributed by atoms with van der Waals surface area (Å²) in [7, 11) is 0. The molecule has 7 rings (SSSR count). The third kappa shape index (κ3) is 5.67. The number of rotatable bonds is 6. The Hall–Kier alpha value is -5.24. The van der Waals surface area contributed by atoms with Gasteiger partial charge in [-0.25, -0.2) is 19.2 Å². The van der Waals surface area contributed by atoms with Crippen molar-refractivity contribution in [2.75, 3.05) is 0 Å². The van der Waals surface area contributed by atoms with Gasteiger partial charge < -0.3 is 18.9 Å². The molecule has 46 heavy (non-hydrogen) atoms. The normalized spacial score (nSPS) is 17.5. The van der Waals surface area contributed by atoms with Crippen LogP contribution in [-0.2, 0) is 14.9 Å². The minimum absolute atomic E-state index is 0.205. The van der Waals surface area contributed by atoms with Gasteiger partial charge in [0.05, 0.1) is 22.3 Å². The third-order valence-electron chi connectivity index (χ3n) is 9.22. The van der Waals surface area contributed by atoms with Crippen LogP contribution in [-0.4, -0.2) is 23.9 Å². The van der Waals surface area contributed by atoms with Gasteiger partial charge in [0.25, 0.3) is 0 Å². The van der Waals surface area contributed by atoms with Crippen LogP contribution < -0.4 is 9.47 Å². The van der Waals surface area contributed by atoms with E-state index in [1.54, 1.807) is 24.3 Å². The van der Waals surface area contributed by atoms with Gasteiger partial charge >= 0.3 is 23.9 Å². The first-order chi connectivity index (χ1) is 22.4. The molecule has 1 fully saturated rings. The van der Waals surface area contributed by atoms with E-state index in [1.807, 2.05) is 24.3 Å². The highest BCUT2D eigenvalue weighted by Gasteiger charge is 2.34. The highest BCUT2D eigenvalue weighted by molar-refractivity contribution is 6.15. The fourth-order valence-corrected chi connectivity index (χ4v) is 6.82. The van der Waals surface area contributed by atoms with Gasteiger partial charge in [-0.15, -0.1) is 0 Å².